The molecule has 148 valence electrons. The van der Waals surface area contributed by atoms with Crippen molar-refractivity contribution in [1.82, 2.24) is 0 Å². The Labute approximate surface area is 166 Å². The largest absolute Gasteiger partial charge is 0.497 e. The van der Waals surface area contributed by atoms with Crippen LogP contribution in [0.15, 0.2) is 42.5 Å². The van der Waals surface area contributed by atoms with Gasteiger partial charge in [-0.3, -0.25) is 19.7 Å². The van der Waals surface area contributed by atoms with Crippen LogP contribution in [0.25, 0.3) is 0 Å². The average molecular weight is 408 g/mol. The molecule has 0 aliphatic rings. The van der Waals surface area contributed by atoms with Gasteiger partial charge in [0.05, 0.1) is 19.1 Å². The normalized spacial score (nSPS) is 11.4. The molecule has 28 heavy (non-hydrogen) atoms. The van der Waals surface area contributed by atoms with Gasteiger partial charge in [-0.05, 0) is 36.4 Å². The van der Waals surface area contributed by atoms with E-state index in [0.717, 1.165) is 0 Å². The van der Waals surface area contributed by atoms with E-state index in [1.807, 2.05) is 0 Å². The van der Waals surface area contributed by atoms with Crippen molar-refractivity contribution in [2.75, 3.05) is 37.9 Å². The number of hydrogen-bond donors (Lipinski definition) is 3. The molecule has 0 aliphatic heterocycles. The van der Waals surface area contributed by atoms with Crippen LogP contribution in [-0.4, -0.2) is 44.0 Å². The summed E-state index contributed by atoms with van der Waals surface area (Å²) in [7, 11) is 3.25. The van der Waals surface area contributed by atoms with E-state index in [0.29, 0.717) is 16.3 Å². The van der Waals surface area contributed by atoms with Gasteiger partial charge in [-0.25, -0.2) is 0 Å². The molecule has 1 atom stereocenters. The summed E-state index contributed by atoms with van der Waals surface area (Å²) in [5.41, 5.74) is 0.590. The van der Waals surface area contributed by atoms with Crippen molar-refractivity contribution >= 4 is 40.5 Å². The third-order valence-electron chi connectivity index (χ3n) is 3.73. The van der Waals surface area contributed by atoms with Crippen LogP contribution in [0.2, 0.25) is 5.02 Å². The molecular weight excluding hydrogens is 388 g/mol. The summed E-state index contributed by atoms with van der Waals surface area (Å²) in [5, 5.41) is 16.2. The van der Waals surface area contributed by atoms with Crippen molar-refractivity contribution in [2.45, 2.75) is 0 Å². The lowest BCUT2D eigenvalue weighted by Crippen LogP contribution is -3.11. The summed E-state index contributed by atoms with van der Waals surface area (Å²) in [6.07, 6.45) is 0. The summed E-state index contributed by atoms with van der Waals surface area (Å²) in [6, 6.07) is 10.9. The monoisotopic (exact) mass is 407 g/mol. The van der Waals surface area contributed by atoms with E-state index in [4.69, 9.17) is 16.3 Å². The van der Waals surface area contributed by atoms with Gasteiger partial charge in [-0.1, -0.05) is 11.6 Å². The van der Waals surface area contributed by atoms with Gasteiger partial charge in [-0.2, -0.15) is 0 Å². The van der Waals surface area contributed by atoms with E-state index in [9.17, 15) is 19.7 Å². The van der Waals surface area contributed by atoms with Gasteiger partial charge in [0, 0.05) is 17.4 Å². The van der Waals surface area contributed by atoms with E-state index in [-0.39, 0.29) is 41.3 Å². The molecule has 0 fully saturated rings. The molecule has 2 amide bonds. The molecule has 9 nitrogen and oxygen atoms in total. The Balaban J connectivity index is 1.85. The molecule has 2 aromatic carbocycles. The first-order chi connectivity index (χ1) is 13.3. The number of hydrogen-bond acceptors (Lipinski definition) is 5. The Morgan fingerprint density at radius 1 is 1.07 bits per heavy atom. The molecular formula is C18H20ClN4O5+. The number of nitrogens with one attached hydrogen (secondary N) is 3. The summed E-state index contributed by atoms with van der Waals surface area (Å²) in [4.78, 5) is 35.1. The van der Waals surface area contributed by atoms with E-state index < -0.39 is 4.92 Å². The van der Waals surface area contributed by atoms with E-state index in [1.54, 1.807) is 38.4 Å². The highest BCUT2D eigenvalue weighted by Crippen LogP contribution is 2.27. The van der Waals surface area contributed by atoms with Crippen LogP contribution in [0.5, 0.6) is 5.75 Å². The number of halogens is 1. The van der Waals surface area contributed by atoms with Crippen molar-refractivity contribution in [2.24, 2.45) is 0 Å². The standard InChI is InChI=1S/C18H19ClN4O5/c1-22(10-17(24)20-12-3-6-14(28-2)7-4-12)11-18(25)21-13-5-8-15(19)16(9-13)23(26)27/h3-9H,10-11H2,1-2H3,(H,20,24)(H,21,25)/p+1. The molecule has 0 spiro atoms. The highest BCUT2D eigenvalue weighted by atomic mass is 35.5. The fraction of sp³-hybridized carbons (Fsp3) is 0.222. The molecule has 0 aliphatic carbocycles. The molecule has 3 N–H and O–H groups in total. The summed E-state index contributed by atoms with van der Waals surface area (Å²) in [5.74, 6) is 0.0452. The van der Waals surface area contributed by atoms with Crippen LogP contribution < -0.4 is 20.3 Å². The molecule has 0 radical (unpaired) electrons. The van der Waals surface area contributed by atoms with Gasteiger partial charge in [0.25, 0.3) is 17.5 Å². The van der Waals surface area contributed by atoms with Gasteiger partial charge < -0.3 is 20.3 Å². The number of anilines is 2. The van der Waals surface area contributed by atoms with Crippen LogP contribution in [-0.2, 0) is 9.59 Å². The van der Waals surface area contributed by atoms with Crippen LogP contribution in [0, 0.1) is 10.1 Å². The van der Waals surface area contributed by atoms with Crippen molar-refractivity contribution in [1.29, 1.82) is 0 Å². The minimum Gasteiger partial charge on any atom is -0.497 e. The Kier molecular flexibility index (Phi) is 7.30. The number of rotatable bonds is 8. The van der Waals surface area contributed by atoms with Gasteiger partial charge >= 0.3 is 0 Å². The number of carbonyl (C=O) groups excluding carboxylic acids is 2. The van der Waals surface area contributed by atoms with E-state index >= 15 is 0 Å². The summed E-state index contributed by atoms with van der Waals surface area (Å²) >= 11 is 5.74. The third-order valence-corrected chi connectivity index (χ3v) is 4.04. The Hall–Kier alpha value is -3.17. The highest BCUT2D eigenvalue weighted by Gasteiger charge is 2.17. The van der Waals surface area contributed by atoms with Crippen molar-refractivity contribution in [3.8, 4) is 5.75 Å². The number of nitro groups is 1. The first-order valence-corrected chi connectivity index (χ1v) is 8.65. The number of nitro benzene ring substituents is 1. The lowest BCUT2D eigenvalue weighted by atomic mass is 10.2. The second-order valence-corrected chi connectivity index (χ2v) is 6.47. The predicted octanol–water partition coefficient (Wildman–Crippen LogP) is 1.35. The van der Waals surface area contributed by atoms with Crippen molar-refractivity contribution in [3.63, 3.8) is 0 Å². The number of methoxy groups -OCH3 is 1. The van der Waals surface area contributed by atoms with Crippen LogP contribution in [0.3, 0.4) is 0 Å². The first-order valence-electron chi connectivity index (χ1n) is 8.27. The second-order valence-electron chi connectivity index (χ2n) is 6.06. The lowest BCUT2D eigenvalue weighted by Gasteiger charge is -2.14. The molecule has 0 heterocycles. The van der Waals surface area contributed by atoms with Crippen LogP contribution in [0.1, 0.15) is 0 Å². The second kappa shape index (κ2) is 9.67. The number of benzene rings is 2. The fourth-order valence-corrected chi connectivity index (χ4v) is 2.61. The van der Waals surface area contributed by atoms with Gasteiger partial charge in [0.1, 0.15) is 10.8 Å². The highest BCUT2D eigenvalue weighted by molar-refractivity contribution is 6.32. The van der Waals surface area contributed by atoms with Gasteiger partial charge in [-0.15, -0.1) is 0 Å². The Bertz CT molecular complexity index is 873. The minimum atomic E-state index is -0.626. The third kappa shape index (κ3) is 6.22. The molecule has 1 unspecified atom stereocenters. The van der Waals surface area contributed by atoms with Crippen LogP contribution in [0.4, 0.5) is 17.1 Å². The topological polar surface area (TPSA) is 115 Å². The average Bonchev–Trinajstić information content (AvgIpc) is 2.63. The fourth-order valence-electron chi connectivity index (χ4n) is 2.43. The number of amides is 2. The maximum Gasteiger partial charge on any atom is 0.289 e. The maximum absolute atomic E-state index is 12.1. The molecule has 0 bridgehead atoms. The lowest BCUT2D eigenvalue weighted by molar-refractivity contribution is -0.862. The Morgan fingerprint density at radius 2 is 1.61 bits per heavy atom. The maximum atomic E-state index is 12.1. The van der Waals surface area contributed by atoms with E-state index in [1.165, 1.54) is 18.2 Å². The smallest absolute Gasteiger partial charge is 0.289 e. The van der Waals surface area contributed by atoms with Gasteiger partial charge in [0.2, 0.25) is 0 Å². The Morgan fingerprint density at radius 3 is 2.14 bits per heavy atom. The van der Waals surface area contributed by atoms with Crippen molar-refractivity contribution in [3.05, 3.63) is 57.6 Å². The first kappa shape index (κ1) is 21.1. The molecule has 0 aromatic heterocycles. The molecule has 2 rings (SSSR count). The van der Waals surface area contributed by atoms with E-state index in [2.05, 4.69) is 10.6 Å². The molecule has 0 saturated heterocycles. The SMILES string of the molecule is COc1ccc(NC(=O)C[NH+](C)CC(=O)Nc2ccc(Cl)c([N+](=O)[O-])c2)cc1. The summed E-state index contributed by atoms with van der Waals surface area (Å²) in [6.45, 7) is 0.0761. The number of likely N-dealkylation sites (N-methyl/N-ethyl adjacent to an activating group) is 1. The predicted molar refractivity (Wildman–Crippen MR) is 105 cm³/mol. The molecule has 0 saturated carbocycles. The number of quaternary nitrogens is 1. The quantitative estimate of drug-likeness (QED) is 0.451. The zero-order valence-corrected chi connectivity index (χ0v) is 16.1. The molecule has 2 aromatic rings. The summed E-state index contributed by atoms with van der Waals surface area (Å²) < 4.78 is 5.05. The zero-order chi connectivity index (χ0) is 20.7. The minimum absolute atomic E-state index is 0.00641. The number of carbonyl (C=O) groups is 2. The number of ether oxygens (including phenoxy) is 1. The van der Waals surface area contributed by atoms with Crippen molar-refractivity contribution < 1.29 is 24.1 Å². The van der Waals surface area contributed by atoms with Crippen LogP contribution >= 0.6 is 11.6 Å². The molecule has 10 heteroatoms. The van der Waals surface area contributed by atoms with Gasteiger partial charge in [0.15, 0.2) is 13.1 Å². The number of nitrogens with zero attached hydrogens (tertiary/aromatic N) is 1. The zero-order valence-electron chi connectivity index (χ0n) is 15.3.